The van der Waals surface area contributed by atoms with Crippen molar-refractivity contribution in [3.05, 3.63) is 65.0 Å². The first kappa shape index (κ1) is 17.9. The van der Waals surface area contributed by atoms with Gasteiger partial charge in [0.15, 0.2) is 0 Å². The molecule has 128 valence electrons. The number of hydrogen-bond acceptors (Lipinski definition) is 3. The lowest BCUT2D eigenvalue weighted by Crippen LogP contribution is -2.41. The molecule has 0 aliphatic heterocycles. The first-order chi connectivity index (χ1) is 11.5. The van der Waals surface area contributed by atoms with Crippen molar-refractivity contribution in [1.82, 2.24) is 15.2 Å². The van der Waals surface area contributed by atoms with Gasteiger partial charge < -0.3 is 15.0 Å². The van der Waals surface area contributed by atoms with Crippen molar-refractivity contribution in [3.8, 4) is 0 Å². The Morgan fingerprint density at radius 1 is 1.29 bits per heavy atom. The Balaban J connectivity index is 2.05. The number of amides is 2. The molecule has 0 saturated heterocycles. The molecule has 5 heteroatoms. The quantitative estimate of drug-likeness (QED) is 0.886. The maximum atomic E-state index is 12.5. The molecule has 0 fully saturated rings. The van der Waals surface area contributed by atoms with Gasteiger partial charge in [0.05, 0.1) is 18.3 Å². The maximum absolute atomic E-state index is 12.5. The van der Waals surface area contributed by atoms with Gasteiger partial charge in [-0.2, -0.15) is 0 Å². The number of methoxy groups -OCH3 is 1. The van der Waals surface area contributed by atoms with E-state index in [0.29, 0.717) is 13.2 Å². The zero-order valence-corrected chi connectivity index (χ0v) is 14.7. The molecule has 2 rings (SSSR count). The molecule has 5 nitrogen and oxygen atoms in total. The number of likely N-dealkylation sites (N-methyl/N-ethyl adjacent to an activating group) is 1. The molecule has 0 unspecified atom stereocenters. The van der Waals surface area contributed by atoms with Crippen LogP contribution in [0, 0.1) is 13.8 Å². The first-order valence-corrected chi connectivity index (χ1v) is 7.99. The fraction of sp³-hybridized carbons (Fsp3) is 0.368. The summed E-state index contributed by atoms with van der Waals surface area (Å²) in [4.78, 5) is 18.5. The predicted octanol–water partition coefficient (Wildman–Crippen LogP) is 3.23. The second-order valence-corrected chi connectivity index (χ2v) is 5.93. The number of carbonyl (C=O) groups excluding carboxylic acids is 1. The fourth-order valence-corrected chi connectivity index (χ4v) is 2.55. The van der Waals surface area contributed by atoms with Crippen molar-refractivity contribution < 1.29 is 9.53 Å². The molecule has 0 bridgehead atoms. The van der Waals surface area contributed by atoms with Gasteiger partial charge in [0.2, 0.25) is 0 Å². The SMILES string of the molecule is COC[C@@H](c1ccccn1)N(C)C(=O)NCc1cc(C)ccc1C. The average Bonchev–Trinajstić information content (AvgIpc) is 2.60. The molecule has 1 N–H and O–H groups in total. The third-order valence-corrected chi connectivity index (χ3v) is 4.08. The minimum atomic E-state index is -0.227. The average molecular weight is 327 g/mol. The molecule has 24 heavy (non-hydrogen) atoms. The monoisotopic (exact) mass is 327 g/mol. The largest absolute Gasteiger partial charge is 0.382 e. The third-order valence-electron chi connectivity index (χ3n) is 4.08. The summed E-state index contributed by atoms with van der Waals surface area (Å²) in [5, 5.41) is 2.98. The lowest BCUT2D eigenvalue weighted by atomic mass is 10.1. The highest BCUT2D eigenvalue weighted by atomic mass is 16.5. The number of hydrogen-bond donors (Lipinski definition) is 1. The van der Waals surface area contributed by atoms with Gasteiger partial charge in [-0.05, 0) is 37.1 Å². The number of ether oxygens (including phenoxy) is 1. The summed E-state index contributed by atoms with van der Waals surface area (Å²) in [6.07, 6.45) is 1.72. The molecule has 2 aromatic rings. The van der Waals surface area contributed by atoms with Crippen LogP contribution in [0.15, 0.2) is 42.6 Å². The van der Waals surface area contributed by atoms with Crippen molar-refractivity contribution in [3.63, 3.8) is 0 Å². The molecule has 0 spiro atoms. The van der Waals surface area contributed by atoms with Gasteiger partial charge in [0, 0.05) is 26.9 Å². The van der Waals surface area contributed by atoms with Crippen LogP contribution in [0.25, 0.3) is 0 Å². The minimum absolute atomic E-state index is 0.149. The van der Waals surface area contributed by atoms with E-state index in [9.17, 15) is 4.79 Å². The predicted molar refractivity (Wildman–Crippen MR) is 94.8 cm³/mol. The Labute approximate surface area is 143 Å². The van der Waals surface area contributed by atoms with Crippen molar-refractivity contribution >= 4 is 6.03 Å². The van der Waals surface area contributed by atoms with E-state index in [-0.39, 0.29) is 12.1 Å². The third kappa shape index (κ3) is 4.55. The Morgan fingerprint density at radius 3 is 2.75 bits per heavy atom. The molecule has 0 aliphatic carbocycles. The molecule has 0 saturated carbocycles. The number of urea groups is 1. The minimum Gasteiger partial charge on any atom is -0.382 e. The summed E-state index contributed by atoms with van der Waals surface area (Å²) in [5.74, 6) is 0. The van der Waals surface area contributed by atoms with Gasteiger partial charge in [-0.1, -0.05) is 29.8 Å². The van der Waals surface area contributed by atoms with Crippen LogP contribution in [-0.2, 0) is 11.3 Å². The highest BCUT2D eigenvalue weighted by Crippen LogP contribution is 2.18. The summed E-state index contributed by atoms with van der Waals surface area (Å²) in [7, 11) is 3.38. The lowest BCUT2D eigenvalue weighted by molar-refractivity contribution is 0.114. The lowest BCUT2D eigenvalue weighted by Gasteiger charge is -2.27. The summed E-state index contributed by atoms with van der Waals surface area (Å²) >= 11 is 0. The van der Waals surface area contributed by atoms with Gasteiger partial charge in [0.25, 0.3) is 0 Å². The number of aromatic nitrogens is 1. The van der Waals surface area contributed by atoms with Gasteiger partial charge in [-0.25, -0.2) is 4.79 Å². The molecule has 1 aromatic carbocycles. The number of nitrogens with zero attached hydrogens (tertiary/aromatic N) is 2. The van der Waals surface area contributed by atoms with Gasteiger partial charge >= 0.3 is 6.03 Å². The van der Waals surface area contributed by atoms with E-state index in [1.165, 1.54) is 11.1 Å². The van der Waals surface area contributed by atoms with Crippen LogP contribution in [0.2, 0.25) is 0 Å². The van der Waals surface area contributed by atoms with E-state index < -0.39 is 0 Å². The molecule has 0 aliphatic rings. The number of carbonyl (C=O) groups is 1. The van der Waals surface area contributed by atoms with Gasteiger partial charge in [0.1, 0.15) is 0 Å². The number of aryl methyl sites for hydroxylation is 2. The van der Waals surface area contributed by atoms with Crippen molar-refractivity contribution in [2.45, 2.75) is 26.4 Å². The zero-order valence-electron chi connectivity index (χ0n) is 14.7. The van der Waals surface area contributed by atoms with Gasteiger partial charge in [-0.3, -0.25) is 4.98 Å². The topological polar surface area (TPSA) is 54.5 Å². The van der Waals surface area contributed by atoms with Crippen LogP contribution in [0.5, 0.6) is 0 Å². The molecule has 1 aromatic heterocycles. The number of nitrogens with one attached hydrogen (secondary N) is 1. The summed E-state index contributed by atoms with van der Waals surface area (Å²) in [5.41, 5.74) is 4.28. The smallest absolute Gasteiger partial charge is 0.318 e. The van der Waals surface area contributed by atoms with E-state index >= 15 is 0 Å². The Kier molecular flexibility index (Phi) is 6.32. The van der Waals surface area contributed by atoms with Crippen molar-refractivity contribution in [2.75, 3.05) is 20.8 Å². The van der Waals surface area contributed by atoms with Crippen LogP contribution in [0.3, 0.4) is 0 Å². The molecule has 1 atom stereocenters. The van der Waals surface area contributed by atoms with Gasteiger partial charge in [-0.15, -0.1) is 0 Å². The Bertz CT molecular complexity index is 674. The van der Waals surface area contributed by atoms with E-state index in [1.807, 2.05) is 32.0 Å². The normalized spacial score (nSPS) is 11.8. The fourth-order valence-electron chi connectivity index (χ4n) is 2.55. The molecule has 1 heterocycles. The second-order valence-electron chi connectivity index (χ2n) is 5.93. The van der Waals surface area contributed by atoms with Crippen LogP contribution in [0.4, 0.5) is 4.79 Å². The van der Waals surface area contributed by atoms with Crippen molar-refractivity contribution in [2.24, 2.45) is 0 Å². The number of pyridine rings is 1. The number of rotatable bonds is 6. The number of benzene rings is 1. The molecular formula is C19H25N3O2. The highest BCUT2D eigenvalue weighted by molar-refractivity contribution is 5.74. The Morgan fingerprint density at radius 2 is 2.08 bits per heavy atom. The summed E-state index contributed by atoms with van der Waals surface area (Å²) in [6.45, 7) is 4.99. The Hall–Kier alpha value is -2.40. The summed E-state index contributed by atoms with van der Waals surface area (Å²) < 4.78 is 5.27. The van der Waals surface area contributed by atoms with Crippen LogP contribution in [-0.4, -0.2) is 36.7 Å². The van der Waals surface area contributed by atoms with Crippen molar-refractivity contribution in [1.29, 1.82) is 0 Å². The van der Waals surface area contributed by atoms with E-state index in [0.717, 1.165) is 11.3 Å². The first-order valence-electron chi connectivity index (χ1n) is 7.99. The van der Waals surface area contributed by atoms with Crippen LogP contribution < -0.4 is 5.32 Å². The standard InChI is InChI=1S/C19H25N3O2/c1-14-8-9-15(2)16(11-14)12-21-19(23)22(3)18(13-24-4)17-7-5-6-10-20-17/h5-11,18H,12-13H2,1-4H3,(H,21,23)/t18-/m0/s1. The molecular weight excluding hydrogens is 302 g/mol. The summed E-state index contributed by atoms with van der Waals surface area (Å²) in [6, 6.07) is 11.5. The van der Waals surface area contributed by atoms with Crippen LogP contribution >= 0.6 is 0 Å². The zero-order chi connectivity index (χ0) is 17.5. The highest BCUT2D eigenvalue weighted by Gasteiger charge is 2.22. The maximum Gasteiger partial charge on any atom is 0.318 e. The van der Waals surface area contributed by atoms with E-state index in [2.05, 4.69) is 28.5 Å². The van der Waals surface area contributed by atoms with E-state index in [4.69, 9.17) is 4.74 Å². The molecule has 2 amide bonds. The van der Waals surface area contributed by atoms with Crippen LogP contribution in [0.1, 0.15) is 28.4 Å². The molecule has 0 radical (unpaired) electrons. The second kappa shape index (κ2) is 8.45. The van der Waals surface area contributed by atoms with E-state index in [1.54, 1.807) is 25.3 Å².